The first-order valence-electron chi connectivity index (χ1n) is 9.78. The van der Waals surface area contributed by atoms with E-state index in [1.165, 1.54) is 16.9 Å². The zero-order chi connectivity index (χ0) is 20.7. The Morgan fingerprint density at radius 3 is 2.62 bits per heavy atom. The van der Waals surface area contributed by atoms with E-state index in [-0.39, 0.29) is 11.3 Å². The molecule has 0 fully saturated rings. The Morgan fingerprint density at radius 2 is 1.93 bits per heavy atom. The van der Waals surface area contributed by atoms with Crippen LogP contribution in [0.15, 0.2) is 54.0 Å². The van der Waals surface area contributed by atoms with Crippen molar-refractivity contribution in [1.82, 2.24) is 15.3 Å². The average molecular weight is 410 g/mol. The minimum absolute atomic E-state index is 0.00377. The summed E-state index contributed by atoms with van der Waals surface area (Å²) in [6.45, 7) is 7.51. The van der Waals surface area contributed by atoms with E-state index in [1.807, 2.05) is 35.7 Å². The average Bonchev–Trinajstić information content (AvgIpc) is 3.19. The van der Waals surface area contributed by atoms with Gasteiger partial charge < -0.3 is 10.1 Å². The van der Waals surface area contributed by atoms with E-state index in [4.69, 9.17) is 4.74 Å². The molecule has 0 saturated heterocycles. The van der Waals surface area contributed by atoms with Gasteiger partial charge in [0, 0.05) is 18.0 Å². The largest absolute Gasteiger partial charge is 0.494 e. The van der Waals surface area contributed by atoms with Crippen LogP contribution in [0.4, 0.5) is 0 Å². The summed E-state index contributed by atoms with van der Waals surface area (Å²) < 4.78 is 5.74. The van der Waals surface area contributed by atoms with E-state index in [1.54, 1.807) is 6.20 Å². The van der Waals surface area contributed by atoms with Gasteiger partial charge in [-0.05, 0) is 41.7 Å². The molecule has 152 valence electrons. The quantitative estimate of drug-likeness (QED) is 0.533. The number of carbonyl (C=O) groups excluding carboxylic acids is 1. The second kappa shape index (κ2) is 9.65. The van der Waals surface area contributed by atoms with E-state index >= 15 is 0 Å². The Kier molecular flexibility index (Phi) is 6.99. The third-order valence-electron chi connectivity index (χ3n) is 4.44. The second-order valence-corrected chi connectivity index (χ2v) is 8.72. The van der Waals surface area contributed by atoms with Crippen LogP contribution in [0.25, 0.3) is 10.7 Å². The molecular weight excluding hydrogens is 382 g/mol. The molecule has 5 nitrogen and oxygen atoms in total. The molecule has 29 heavy (non-hydrogen) atoms. The minimum atomic E-state index is 0.00377. The predicted molar refractivity (Wildman–Crippen MR) is 117 cm³/mol. The number of amides is 1. The van der Waals surface area contributed by atoms with Crippen LogP contribution in [0.1, 0.15) is 44.9 Å². The van der Waals surface area contributed by atoms with Crippen LogP contribution < -0.4 is 10.1 Å². The van der Waals surface area contributed by atoms with Crippen molar-refractivity contribution < 1.29 is 9.53 Å². The molecule has 1 amide bonds. The topological polar surface area (TPSA) is 64.1 Å². The number of pyridine rings is 1. The highest BCUT2D eigenvalue weighted by molar-refractivity contribution is 7.13. The van der Waals surface area contributed by atoms with Gasteiger partial charge in [0.05, 0.1) is 24.5 Å². The molecule has 0 spiro atoms. The van der Waals surface area contributed by atoms with Gasteiger partial charge >= 0.3 is 0 Å². The van der Waals surface area contributed by atoms with Crippen LogP contribution in [-0.4, -0.2) is 22.5 Å². The van der Waals surface area contributed by atoms with Crippen LogP contribution in [-0.2, 0) is 16.8 Å². The molecular formula is C23H27N3O2S. The number of benzene rings is 1. The zero-order valence-corrected chi connectivity index (χ0v) is 18.0. The minimum Gasteiger partial charge on any atom is -0.494 e. The molecule has 6 heteroatoms. The molecule has 1 aromatic carbocycles. The van der Waals surface area contributed by atoms with Crippen molar-refractivity contribution in [3.8, 4) is 16.5 Å². The summed E-state index contributed by atoms with van der Waals surface area (Å²) in [4.78, 5) is 20.9. The van der Waals surface area contributed by atoms with Gasteiger partial charge in [0.1, 0.15) is 10.8 Å². The predicted octanol–water partition coefficient (Wildman–Crippen LogP) is 4.98. The van der Waals surface area contributed by atoms with Gasteiger partial charge in [-0.2, -0.15) is 0 Å². The summed E-state index contributed by atoms with van der Waals surface area (Å²) in [5.74, 6) is 0.840. The molecule has 3 aromatic rings. The highest BCUT2D eigenvalue weighted by atomic mass is 32.1. The van der Waals surface area contributed by atoms with Gasteiger partial charge in [0.2, 0.25) is 5.91 Å². The normalized spacial score (nSPS) is 11.3. The van der Waals surface area contributed by atoms with E-state index in [2.05, 4.69) is 48.2 Å². The fourth-order valence-electron chi connectivity index (χ4n) is 2.75. The van der Waals surface area contributed by atoms with Crippen LogP contribution >= 0.6 is 11.3 Å². The van der Waals surface area contributed by atoms with Crippen LogP contribution in [0.2, 0.25) is 0 Å². The van der Waals surface area contributed by atoms with Crippen molar-refractivity contribution in [2.24, 2.45) is 0 Å². The Bertz CT molecular complexity index is 915. The van der Waals surface area contributed by atoms with Gasteiger partial charge in [-0.1, -0.05) is 39.0 Å². The van der Waals surface area contributed by atoms with Crippen molar-refractivity contribution >= 4 is 17.2 Å². The van der Waals surface area contributed by atoms with Gasteiger partial charge in [-0.3, -0.25) is 9.78 Å². The molecule has 0 aliphatic heterocycles. The smallest absolute Gasteiger partial charge is 0.220 e. The molecule has 2 heterocycles. The third-order valence-corrected chi connectivity index (χ3v) is 5.35. The maximum absolute atomic E-state index is 12.1. The summed E-state index contributed by atoms with van der Waals surface area (Å²) >= 11 is 1.53. The molecule has 0 aliphatic carbocycles. The van der Waals surface area contributed by atoms with Crippen LogP contribution in [0, 0.1) is 0 Å². The van der Waals surface area contributed by atoms with Crippen molar-refractivity contribution in [3.05, 3.63) is 65.3 Å². The molecule has 0 saturated carbocycles. The first kappa shape index (κ1) is 21.0. The van der Waals surface area contributed by atoms with Crippen molar-refractivity contribution in [3.63, 3.8) is 0 Å². The van der Waals surface area contributed by atoms with Crippen LogP contribution in [0.5, 0.6) is 5.75 Å². The lowest BCUT2D eigenvalue weighted by Crippen LogP contribution is -2.23. The number of hydrogen-bond acceptors (Lipinski definition) is 5. The van der Waals surface area contributed by atoms with Crippen molar-refractivity contribution in [2.45, 2.75) is 45.6 Å². The number of rotatable bonds is 8. The summed E-state index contributed by atoms with van der Waals surface area (Å²) in [7, 11) is 0. The summed E-state index contributed by atoms with van der Waals surface area (Å²) in [6.07, 6.45) is 2.85. The first-order chi connectivity index (χ1) is 13.9. The Morgan fingerprint density at radius 1 is 1.14 bits per heavy atom. The number of aromatic nitrogens is 2. The SMILES string of the molecule is CC(C)(C)c1ccc(OCCCC(=O)NCc2csc(-c3ccccn3)n2)cc1. The fourth-order valence-corrected chi connectivity index (χ4v) is 3.54. The Labute approximate surface area is 176 Å². The molecule has 2 aromatic heterocycles. The van der Waals surface area contributed by atoms with Crippen molar-refractivity contribution in [1.29, 1.82) is 0 Å². The number of nitrogens with one attached hydrogen (secondary N) is 1. The van der Waals surface area contributed by atoms with E-state index in [9.17, 15) is 4.79 Å². The van der Waals surface area contributed by atoms with Gasteiger partial charge in [-0.15, -0.1) is 11.3 Å². The molecule has 0 bridgehead atoms. The number of carbonyl (C=O) groups is 1. The highest BCUT2D eigenvalue weighted by Gasteiger charge is 2.13. The lowest BCUT2D eigenvalue weighted by Gasteiger charge is -2.19. The number of thiazole rings is 1. The molecule has 0 radical (unpaired) electrons. The van der Waals surface area contributed by atoms with Crippen molar-refractivity contribution in [2.75, 3.05) is 6.61 Å². The van der Waals surface area contributed by atoms with E-state index < -0.39 is 0 Å². The molecule has 0 aliphatic rings. The van der Waals surface area contributed by atoms with Crippen LogP contribution in [0.3, 0.4) is 0 Å². The molecule has 0 atom stereocenters. The standard InChI is InChI=1S/C23H27N3O2S/c1-23(2,3)17-9-11-19(12-10-17)28-14-6-8-21(27)25-15-18-16-29-22(26-18)20-7-4-5-13-24-20/h4-5,7,9-13,16H,6,8,14-15H2,1-3H3,(H,25,27). The summed E-state index contributed by atoms with van der Waals surface area (Å²) in [6, 6.07) is 13.9. The third kappa shape index (κ3) is 6.39. The van der Waals surface area contributed by atoms with Gasteiger partial charge in [0.15, 0.2) is 0 Å². The Balaban J connectivity index is 1.36. The van der Waals surface area contributed by atoms with E-state index in [0.29, 0.717) is 26.0 Å². The maximum atomic E-state index is 12.1. The summed E-state index contributed by atoms with van der Waals surface area (Å²) in [5, 5.41) is 5.73. The maximum Gasteiger partial charge on any atom is 0.220 e. The number of ether oxygens (including phenoxy) is 1. The molecule has 1 N–H and O–H groups in total. The van der Waals surface area contributed by atoms with Gasteiger partial charge in [-0.25, -0.2) is 4.98 Å². The first-order valence-corrected chi connectivity index (χ1v) is 10.7. The lowest BCUT2D eigenvalue weighted by molar-refractivity contribution is -0.121. The molecule has 3 rings (SSSR count). The monoisotopic (exact) mass is 409 g/mol. The summed E-state index contributed by atoms with van der Waals surface area (Å²) in [5.41, 5.74) is 3.10. The van der Waals surface area contributed by atoms with Gasteiger partial charge in [0.25, 0.3) is 0 Å². The number of nitrogens with zero attached hydrogens (tertiary/aromatic N) is 2. The fraction of sp³-hybridized carbons (Fsp3) is 0.348. The second-order valence-electron chi connectivity index (χ2n) is 7.86. The number of hydrogen-bond donors (Lipinski definition) is 1. The van der Waals surface area contributed by atoms with E-state index in [0.717, 1.165) is 22.1 Å². The zero-order valence-electron chi connectivity index (χ0n) is 17.1. The Hall–Kier alpha value is -2.73. The highest BCUT2D eigenvalue weighted by Crippen LogP contribution is 2.24. The lowest BCUT2D eigenvalue weighted by atomic mass is 9.87. The molecule has 0 unspecified atom stereocenters.